The molecule has 0 fully saturated rings. The van der Waals surface area contributed by atoms with Crippen LogP contribution in [0.1, 0.15) is 4.88 Å². The van der Waals surface area contributed by atoms with Crippen LogP contribution in [0, 0.1) is 2.88 Å². The Morgan fingerprint density at radius 1 is 1.44 bits per heavy atom. The summed E-state index contributed by atoms with van der Waals surface area (Å²) in [6.07, 6.45) is 1.23. The van der Waals surface area contributed by atoms with Crippen molar-refractivity contribution in [1.82, 2.24) is 0 Å². The molecule has 0 spiro atoms. The first kappa shape index (κ1) is 8.26. The topological polar surface area (TPSA) is 0 Å². The number of aryl methyl sites for hydroxylation is 1. The minimum atomic E-state index is 1.23. The maximum atomic E-state index is 2.40. The summed E-state index contributed by atoms with van der Waals surface area (Å²) in [5.41, 5.74) is 0. The lowest BCUT2D eigenvalue weighted by molar-refractivity contribution is 1.23. The maximum Gasteiger partial charge on any atom is 0.0656 e. The molecular weight excluding hydrogens is 358 g/mol. The van der Waals surface area contributed by atoms with Crippen molar-refractivity contribution in [2.24, 2.45) is 0 Å². The summed E-state index contributed by atoms with van der Waals surface area (Å²) >= 11 is 6.65. The Balaban J connectivity index is 2.61. The standard InChI is InChI=1S/C6H6I2S/c7-4-3-5-1-2-6(8)9-5/h1-2H,3-4H2. The summed E-state index contributed by atoms with van der Waals surface area (Å²) in [5.74, 6) is 0. The van der Waals surface area contributed by atoms with Crippen LogP contribution in [0.2, 0.25) is 0 Å². The molecule has 0 saturated carbocycles. The highest BCUT2D eigenvalue weighted by Crippen LogP contribution is 2.18. The number of thiophene rings is 1. The van der Waals surface area contributed by atoms with Crippen molar-refractivity contribution in [2.75, 3.05) is 4.43 Å². The highest BCUT2D eigenvalue weighted by atomic mass is 127. The number of alkyl halides is 1. The van der Waals surface area contributed by atoms with E-state index in [1.165, 1.54) is 18.6 Å². The number of halogens is 2. The van der Waals surface area contributed by atoms with E-state index in [9.17, 15) is 0 Å². The van der Waals surface area contributed by atoms with Crippen molar-refractivity contribution in [3.05, 3.63) is 19.9 Å². The van der Waals surface area contributed by atoms with Gasteiger partial charge in [0.1, 0.15) is 0 Å². The van der Waals surface area contributed by atoms with Crippen LogP contribution < -0.4 is 0 Å². The second-order valence-corrected chi connectivity index (χ2v) is 5.79. The molecule has 0 N–H and O–H groups in total. The molecule has 0 aromatic carbocycles. The Bertz CT molecular complexity index is 183. The second-order valence-electron chi connectivity index (χ2n) is 1.64. The maximum absolute atomic E-state index is 2.40. The first-order chi connectivity index (χ1) is 4.33. The molecule has 0 radical (unpaired) electrons. The zero-order valence-electron chi connectivity index (χ0n) is 4.73. The van der Waals surface area contributed by atoms with Gasteiger partial charge >= 0.3 is 0 Å². The molecule has 0 unspecified atom stereocenters. The molecule has 1 rings (SSSR count). The Labute approximate surface area is 86.3 Å². The van der Waals surface area contributed by atoms with Crippen LogP contribution in [0.3, 0.4) is 0 Å². The molecular formula is C6H6I2S. The molecule has 1 aromatic rings. The normalized spacial score (nSPS) is 10.0. The fraction of sp³-hybridized carbons (Fsp3) is 0.333. The van der Waals surface area contributed by atoms with Gasteiger partial charge in [-0.2, -0.15) is 0 Å². The third kappa shape index (κ3) is 2.71. The largest absolute Gasteiger partial charge is 0.134 e. The van der Waals surface area contributed by atoms with Crippen molar-refractivity contribution in [2.45, 2.75) is 6.42 Å². The van der Waals surface area contributed by atoms with E-state index >= 15 is 0 Å². The summed E-state index contributed by atoms with van der Waals surface area (Å²) in [4.78, 5) is 1.51. The number of hydrogen-bond acceptors (Lipinski definition) is 1. The summed E-state index contributed by atoms with van der Waals surface area (Å²) in [6, 6.07) is 4.39. The molecule has 0 nitrogen and oxygen atoms in total. The Kier molecular flexibility index (Phi) is 3.78. The van der Waals surface area contributed by atoms with Gasteiger partial charge in [0.15, 0.2) is 0 Å². The van der Waals surface area contributed by atoms with Gasteiger partial charge in [-0.1, -0.05) is 22.6 Å². The van der Waals surface area contributed by atoms with Crippen LogP contribution in [-0.2, 0) is 6.42 Å². The van der Waals surface area contributed by atoms with E-state index in [1.54, 1.807) is 0 Å². The third-order valence-electron chi connectivity index (χ3n) is 0.970. The van der Waals surface area contributed by atoms with Gasteiger partial charge in [-0.3, -0.25) is 0 Å². The Morgan fingerprint density at radius 3 is 2.67 bits per heavy atom. The third-order valence-corrected chi connectivity index (χ3v) is 3.46. The first-order valence-corrected chi connectivity index (χ1v) is 6.05. The van der Waals surface area contributed by atoms with E-state index in [2.05, 4.69) is 57.3 Å². The SMILES string of the molecule is ICCc1ccc(I)s1. The zero-order valence-corrected chi connectivity index (χ0v) is 9.86. The monoisotopic (exact) mass is 364 g/mol. The molecule has 3 heteroatoms. The second kappa shape index (κ2) is 4.12. The molecule has 9 heavy (non-hydrogen) atoms. The van der Waals surface area contributed by atoms with Crippen LogP contribution in [0.5, 0.6) is 0 Å². The first-order valence-electron chi connectivity index (χ1n) is 2.63. The van der Waals surface area contributed by atoms with Crippen LogP contribution in [0.25, 0.3) is 0 Å². The van der Waals surface area contributed by atoms with Gasteiger partial charge in [0.05, 0.1) is 2.88 Å². The summed E-state index contributed by atoms with van der Waals surface area (Å²) in [5, 5.41) is 0. The predicted octanol–water partition coefficient (Wildman–Crippen LogP) is 3.33. The van der Waals surface area contributed by atoms with E-state index in [0.29, 0.717) is 0 Å². The van der Waals surface area contributed by atoms with Gasteiger partial charge in [0, 0.05) is 9.30 Å². The average Bonchev–Trinajstić information content (AvgIpc) is 2.17. The molecule has 0 aliphatic carbocycles. The smallest absolute Gasteiger partial charge is 0.0656 e. The van der Waals surface area contributed by atoms with Gasteiger partial charge in [0.25, 0.3) is 0 Å². The van der Waals surface area contributed by atoms with E-state index in [-0.39, 0.29) is 0 Å². The van der Waals surface area contributed by atoms with Gasteiger partial charge < -0.3 is 0 Å². The minimum Gasteiger partial charge on any atom is -0.134 e. The van der Waals surface area contributed by atoms with Crippen molar-refractivity contribution in [1.29, 1.82) is 0 Å². The van der Waals surface area contributed by atoms with Crippen molar-refractivity contribution < 1.29 is 0 Å². The summed E-state index contributed by atoms with van der Waals surface area (Å²) in [6.45, 7) is 0. The summed E-state index contributed by atoms with van der Waals surface area (Å²) in [7, 11) is 0. The molecule has 0 bridgehead atoms. The molecule has 0 atom stereocenters. The van der Waals surface area contributed by atoms with E-state index in [4.69, 9.17) is 0 Å². The molecule has 0 saturated heterocycles. The van der Waals surface area contributed by atoms with E-state index in [0.717, 1.165) is 0 Å². The molecule has 1 aromatic heterocycles. The lowest BCUT2D eigenvalue weighted by Crippen LogP contribution is -1.76. The van der Waals surface area contributed by atoms with Crippen LogP contribution in [0.4, 0.5) is 0 Å². The van der Waals surface area contributed by atoms with Crippen molar-refractivity contribution in [3.63, 3.8) is 0 Å². The zero-order chi connectivity index (χ0) is 6.69. The van der Waals surface area contributed by atoms with Crippen molar-refractivity contribution >= 4 is 56.5 Å². The van der Waals surface area contributed by atoms with E-state index < -0.39 is 0 Å². The van der Waals surface area contributed by atoms with Gasteiger partial charge in [0.2, 0.25) is 0 Å². The molecule has 0 aliphatic heterocycles. The van der Waals surface area contributed by atoms with Crippen LogP contribution in [0.15, 0.2) is 12.1 Å². The highest BCUT2D eigenvalue weighted by molar-refractivity contribution is 14.1. The fourth-order valence-electron chi connectivity index (χ4n) is 0.579. The molecule has 1 heterocycles. The molecule has 0 aliphatic rings. The number of hydrogen-bond donors (Lipinski definition) is 0. The van der Waals surface area contributed by atoms with Crippen LogP contribution >= 0.6 is 56.5 Å². The lowest BCUT2D eigenvalue weighted by atomic mass is 10.4. The number of rotatable bonds is 2. The minimum absolute atomic E-state index is 1.23. The fourth-order valence-corrected chi connectivity index (χ4v) is 3.28. The average molecular weight is 364 g/mol. The van der Waals surface area contributed by atoms with Crippen LogP contribution in [-0.4, -0.2) is 4.43 Å². The van der Waals surface area contributed by atoms with Gasteiger partial charge in [-0.25, -0.2) is 0 Å². The quantitative estimate of drug-likeness (QED) is 0.558. The molecule has 50 valence electrons. The van der Waals surface area contributed by atoms with Gasteiger partial charge in [-0.15, -0.1) is 11.3 Å². The Morgan fingerprint density at radius 2 is 2.22 bits per heavy atom. The lowest BCUT2D eigenvalue weighted by Gasteiger charge is -1.85. The predicted molar refractivity (Wildman–Crippen MR) is 59.6 cm³/mol. The van der Waals surface area contributed by atoms with E-state index in [1.807, 2.05) is 11.3 Å². The van der Waals surface area contributed by atoms with Gasteiger partial charge in [-0.05, 0) is 41.1 Å². The Hall–Kier alpha value is 1.16. The molecule has 0 amide bonds. The van der Waals surface area contributed by atoms with Crippen molar-refractivity contribution in [3.8, 4) is 0 Å². The summed E-state index contributed by atoms with van der Waals surface area (Å²) < 4.78 is 2.63. The highest BCUT2D eigenvalue weighted by Gasteiger charge is 1.94.